The molecule has 0 saturated heterocycles. The van der Waals surface area contributed by atoms with Gasteiger partial charge in [-0.2, -0.15) is 0 Å². The van der Waals surface area contributed by atoms with Crippen molar-refractivity contribution in [1.29, 1.82) is 0 Å². The average molecular weight is 407 g/mol. The van der Waals surface area contributed by atoms with Crippen molar-refractivity contribution in [2.24, 2.45) is 0 Å². The van der Waals surface area contributed by atoms with Gasteiger partial charge in [0.15, 0.2) is 0 Å². The van der Waals surface area contributed by atoms with Gasteiger partial charge in [-0.1, -0.05) is 18.2 Å². The molecule has 0 saturated carbocycles. The molecule has 6 heteroatoms. The molecule has 0 aliphatic rings. The van der Waals surface area contributed by atoms with Crippen LogP contribution in [0.1, 0.15) is 30.0 Å². The Balaban J connectivity index is 1.51. The third-order valence-corrected chi connectivity index (χ3v) is 5.06. The van der Waals surface area contributed by atoms with E-state index in [0.717, 1.165) is 29.7 Å². The number of hydrogen-bond donors (Lipinski definition) is 3. The number of carbonyl (C=O) groups excluding carboxylic acids is 2. The maximum atomic E-state index is 12.3. The summed E-state index contributed by atoms with van der Waals surface area (Å²) in [6.07, 6.45) is 4.24. The minimum atomic E-state index is -0.0984. The molecule has 158 valence electrons. The number of fused-ring (bicyclic) bond motifs is 1. The predicted octanol–water partition coefficient (Wildman–Crippen LogP) is 3.48. The van der Waals surface area contributed by atoms with Gasteiger partial charge >= 0.3 is 0 Å². The van der Waals surface area contributed by atoms with Crippen LogP contribution in [-0.2, 0) is 29.0 Å². The Morgan fingerprint density at radius 1 is 1.00 bits per heavy atom. The lowest BCUT2D eigenvalue weighted by Crippen LogP contribution is -2.23. The van der Waals surface area contributed by atoms with Gasteiger partial charge in [0.05, 0.1) is 0 Å². The summed E-state index contributed by atoms with van der Waals surface area (Å²) in [6.45, 7) is 2.96. The number of benzene rings is 2. The zero-order valence-corrected chi connectivity index (χ0v) is 17.9. The largest absolute Gasteiger partial charge is 0.361 e. The number of rotatable bonds is 9. The van der Waals surface area contributed by atoms with Gasteiger partial charge in [0, 0.05) is 49.2 Å². The van der Waals surface area contributed by atoms with Crippen LogP contribution in [0.15, 0.2) is 48.7 Å². The molecule has 0 aliphatic heterocycles. The highest BCUT2D eigenvalue weighted by molar-refractivity contribution is 5.88. The summed E-state index contributed by atoms with van der Waals surface area (Å²) >= 11 is 0. The van der Waals surface area contributed by atoms with Crippen molar-refractivity contribution in [2.45, 2.75) is 32.7 Å². The van der Waals surface area contributed by atoms with Gasteiger partial charge in [-0.05, 0) is 67.9 Å². The molecule has 6 nitrogen and oxygen atoms in total. The van der Waals surface area contributed by atoms with Crippen molar-refractivity contribution in [3.63, 3.8) is 0 Å². The fourth-order valence-corrected chi connectivity index (χ4v) is 3.39. The number of carbonyl (C=O) groups is 2. The number of likely N-dealkylation sites (N-methyl/N-ethyl adjacent to an activating group) is 1. The van der Waals surface area contributed by atoms with Gasteiger partial charge in [0.25, 0.3) is 0 Å². The first-order chi connectivity index (χ1) is 14.4. The van der Waals surface area contributed by atoms with E-state index in [1.54, 1.807) is 0 Å². The molecule has 3 aromatic rings. The number of aryl methyl sites for hydroxylation is 1. The Bertz CT molecular complexity index is 1010. The number of anilines is 1. The van der Waals surface area contributed by atoms with E-state index in [4.69, 9.17) is 0 Å². The van der Waals surface area contributed by atoms with Crippen LogP contribution in [-0.4, -0.2) is 42.3 Å². The summed E-state index contributed by atoms with van der Waals surface area (Å²) < 4.78 is 0. The first kappa shape index (κ1) is 21.6. The Morgan fingerprint density at radius 2 is 1.73 bits per heavy atom. The molecule has 2 aromatic carbocycles. The molecule has 30 heavy (non-hydrogen) atoms. The van der Waals surface area contributed by atoms with Crippen LogP contribution in [0.2, 0.25) is 0 Å². The quantitative estimate of drug-likeness (QED) is 0.509. The van der Waals surface area contributed by atoms with Crippen LogP contribution in [0, 0.1) is 0 Å². The second-order valence-corrected chi connectivity index (χ2v) is 7.90. The monoisotopic (exact) mass is 406 g/mol. The number of hydrogen-bond acceptors (Lipinski definition) is 3. The van der Waals surface area contributed by atoms with Gasteiger partial charge in [-0.25, -0.2) is 0 Å². The maximum Gasteiger partial charge on any atom is 0.221 e. The predicted molar refractivity (Wildman–Crippen MR) is 121 cm³/mol. The second kappa shape index (κ2) is 10.1. The number of aromatic amines is 1. The minimum Gasteiger partial charge on any atom is -0.361 e. The van der Waals surface area contributed by atoms with Crippen LogP contribution in [0.4, 0.5) is 5.69 Å². The Kier molecular flexibility index (Phi) is 7.25. The SMILES string of the molecule is CC(=O)Nc1ccc(CNC(=O)CCc2ccc3[nH]cc(CCN(C)C)c3c2)cc1. The third-order valence-electron chi connectivity index (χ3n) is 5.06. The van der Waals surface area contributed by atoms with Crippen molar-refractivity contribution in [2.75, 3.05) is 26.0 Å². The van der Waals surface area contributed by atoms with Crippen molar-refractivity contribution >= 4 is 28.4 Å². The van der Waals surface area contributed by atoms with Crippen LogP contribution < -0.4 is 10.6 Å². The second-order valence-electron chi connectivity index (χ2n) is 7.90. The molecule has 0 unspecified atom stereocenters. The van der Waals surface area contributed by atoms with Crippen LogP contribution in [0.25, 0.3) is 10.9 Å². The zero-order chi connectivity index (χ0) is 21.5. The molecule has 1 heterocycles. The third kappa shape index (κ3) is 6.19. The molecule has 1 aromatic heterocycles. The highest BCUT2D eigenvalue weighted by Crippen LogP contribution is 2.21. The number of H-pyrrole nitrogens is 1. The molecule has 0 fully saturated rings. The fraction of sp³-hybridized carbons (Fsp3) is 0.333. The fourth-order valence-electron chi connectivity index (χ4n) is 3.39. The zero-order valence-electron chi connectivity index (χ0n) is 17.9. The normalized spacial score (nSPS) is 11.1. The number of nitrogens with one attached hydrogen (secondary N) is 3. The molecular weight excluding hydrogens is 376 g/mol. The van der Waals surface area contributed by atoms with Crippen LogP contribution in [0.5, 0.6) is 0 Å². The molecule has 0 spiro atoms. The van der Waals surface area contributed by atoms with E-state index in [1.807, 2.05) is 24.3 Å². The van der Waals surface area contributed by atoms with E-state index in [-0.39, 0.29) is 11.8 Å². The summed E-state index contributed by atoms with van der Waals surface area (Å²) in [4.78, 5) is 28.9. The summed E-state index contributed by atoms with van der Waals surface area (Å²) in [6, 6.07) is 13.9. The topological polar surface area (TPSA) is 77.2 Å². The molecule has 3 N–H and O–H groups in total. The maximum absolute atomic E-state index is 12.3. The van der Waals surface area contributed by atoms with Gasteiger partial charge in [-0.3, -0.25) is 9.59 Å². The molecule has 0 radical (unpaired) electrons. The van der Waals surface area contributed by atoms with E-state index in [1.165, 1.54) is 23.4 Å². The summed E-state index contributed by atoms with van der Waals surface area (Å²) in [5.41, 5.74) is 5.37. The van der Waals surface area contributed by atoms with E-state index < -0.39 is 0 Å². The highest BCUT2D eigenvalue weighted by atomic mass is 16.2. The van der Waals surface area contributed by atoms with Crippen molar-refractivity contribution in [3.05, 3.63) is 65.4 Å². The number of nitrogens with zero attached hydrogens (tertiary/aromatic N) is 1. The van der Waals surface area contributed by atoms with E-state index in [0.29, 0.717) is 19.4 Å². The smallest absolute Gasteiger partial charge is 0.221 e. The molecular formula is C24H30N4O2. The molecule has 3 rings (SSSR count). The lowest BCUT2D eigenvalue weighted by atomic mass is 10.0. The van der Waals surface area contributed by atoms with Gasteiger partial charge in [0.1, 0.15) is 0 Å². The molecule has 0 aliphatic carbocycles. The summed E-state index contributed by atoms with van der Waals surface area (Å²) in [5.74, 6) is -0.0679. The highest BCUT2D eigenvalue weighted by Gasteiger charge is 2.07. The van der Waals surface area contributed by atoms with Gasteiger partial charge < -0.3 is 20.5 Å². The molecule has 2 amide bonds. The Hall–Kier alpha value is -3.12. The van der Waals surface area contributed by atoms with E-state index >= 15 is 0 Å². The van der Waals surface area contributed by atoms with E-state index in [9.17, 15) is 9.59 Å². The van der Waals surface area contributed by atoms with E-state index in [2.05, 4.69) is 59.0 Å². The van der Waals surface area contributed by atoms with Crippen LogP contribution >= 0.6 is 0 Å². The molecule has 0 atom stereocenters. The lowest BCUT2D eigenvalue weighted by Gasteiger charge is -2.09. The lowest BCUT2D eigenvalue weighted by molar-refractivity contribution is -0.121. The average Bonchev–Trinajstić information content (AvgIpc) is 3.12. The Labute approximate surface area is 177 Å². The number of amides is 2. The van der Waals surface area contributed by atoms with Crippen molar-refractivity contribution in [1.82, 2.24) is 15.2 Å². The minimum absolute atomic E-state index is 0.0305. The Morgan fingerprint density at radius 3 is 2.43 bits per heavy atom. The van der Waals surface area contributed by atoms with Crippen molar-refractivity contribution < 1.29 is 9.59 Å². The summed E-state index contributed by atoms with van der Waals surface area (Å²) in [7, 11) is 4.16. The summed E-state index contributed by atoms with van der Waals surface area (Å²) in [5, 5.41) is 6.94. The van der Waals surface area contributed by atoms with Crippen LogP contribution in [0.3, 0.4) is 0 Å². The standard InChI is InChI=1S/C24H30N4O2/c1-17(29)27-21-8-4-19(5-9-21)15-26-24(30)11-7-18-6-10-23-22(14-18)20(16-25-23)12-13-28(2)3/h4-6,8-10,14,16,25H,7,11-13,15H2,1-3H3,(H,26,30)(H,27,29). The number of aromatic nitrogens is 1. The molecule has 0 bridgehead atoms. The first-order valence-corrected chi connectivity index (χ1v) is 10.3. The van der Waals surface area contributed by atoms with Gasteiger partial charge in [-0.15, -0.1) is 0 Å². The van der Waals surface area contributed by atoms with Gasteiger partial charge in [0.2, 0.25) is 11.8 Å². The van der Waals surface area contributed by atoms with Crippen molar-refractivity contribution in [3.8, 4) is 0 Å². The first-order valence-electron chi connectivity index (χ1n) is 10.3.